The van der Waals surface area contributed by atoms with E-state index in [-0.39, 0.29) is 0 Å². The molecule has 0 amide bonds. The summed E-state index contributed by atoms with van der Waals surface area (Å²) in [6.07, 6.45) is 14.6. The Morgan fingerprint density at radius 1 is 0.625 bits per heavy atom. The molecule has 0 heterocycles. The third kappa shape index (κ3) is 6.12. The molecule has 172 valence electrons. The van der Waals surface area contributed by atoms with E-state index in [4.69, 9.17) is 0 Å². The fourth-order valence-electron chi connectivity index (χ4n) is 6.39. The first-order chi connectivity index (χ1) is 15.6. The topological polar surface area (TPSA) is 17.1 Å². The van der Waals surface area contributed by atoms with Crippen LogP contribution in [0.5, 0.6) is 0 Å². The molecule has 2 aliphatic carbocycles. The molecule has 32 heavy (non-hydrogen) atoms. The average Bonchev–Trinajstić information content (AvgIpc) is 2.83. The number of Topliss-reactive ketones (excluding diaryl/α,β-unsaturated/α-hetero) is 1. The van der Waals surface area contributed by atoms with Gasteiger partial charge in [0.25, 0.3) is 0 Å². The number of hydrogen-bond donors (Lipinski definition) is 0. The lowest BCUT2D eigenvalue weighted by atomic mass is 9.71. The Kier molecular flexibility index (Phi) is 8.22. The van der Waals surface area contributed by atoms with Crippen molar-refractivity contribution in [3.05, 3.63) is 70.8 Å². The molecule has 2 unspecified atom stereocenters. The molecule has 1 nitrogen and oxygen atoms in total. The molecule has 2 fully saturated rings. The zero-order valence-electron chi connectivity index (χ0n) is 20.3. The van der Waals surface area contributed by atoms with Gasteiger partial charge in [0.2, 0.25) is 0 Å². The molecule has 1 heteroatoms. The Hall–Kier alpha value is -1.89. The second-order valence-corrected chi connectivity index (χ2v) is 10.8. The Morgan fingerprint density at radius 3 is 1.31 bits per heavy atom. The van der Waals surface area contributed by atoms with Crippen LogP contribution in [0.1, 0.15) is 111 Å². The number of ketones is 1. The quantitative estimate of drug-likeness (QED) is 0.409. The van der Waals surface area contributed by atoms with Crippen molar-refractivity contribution in [1.29, 1.82) is 0 Å². The molecule has 0 radical (unpaired) electrons. The van der Waals surface area contributed by atoms with E-state index in [2.05, 4.69) is 62.4 Å². The molecule has 0 aliphatic heterocycles. The molecule has 2 aliphatic rings. The molecule has 2 saturated carbocycles. The van der Waals surface area contributed by atoms with E-state index in [0.717, 1.165) is 12.8 Å². The lowest BCUT2D eigenvalue weighted by molar-refractivity contribution is -0.120. The molecule has 0 spiro atoms. The van der Waals surface area contributed by atoms with Crippen molar-refractivity contribution in [3.63, 3.8) is 0 Å². The van der Waals surface area contributed by atoms with Crippen molar-refractivity contribution in [1.82, 2.24) is 0 Å². The molecular formula is C31H42O. The van der Waals surface area contributed by atoms with Gasteiger partial charge in [0.05, 0.1) is 0 Å². The van der Waals surface area contributed by atoms with Crippen LogP contribution in [0.15, 0.2) is 48.5 Å². The van der Waals surface area contributed by atoms with Gasteiger partial charge in [0.1, 0.15) is 5.78 Å². The molecule has 2 aromatic carbocycles. The maximum atomic E-state index is 13.6. The van der Waals surface area contributed by atoms with Crippen LogP contribution in [0.4, 0.5) is 0 Å². The highest BCUT2D eigenvalue weighted by atomic mass is 16.1. The largest absolute Gasteiger partial charge is 0.300 e. The number of carbonyl (C=O) groups excluding carboxylic acids is 1. The van der Waals surface area contributed by atoms with E-state index in [1.165, 1.54) is 86.5 Å². The Morgan fingerprint density at radius 2 is 0.969 bits per heavy atom. The fourth-order valence-corrected chi connectivity index (χ4v) is 6.39. The highest BCUT2D eigenvalue weighted by Crippen LogP contribution is 2.42. The third-order valence-electron chi connectivity index (χ3n) is 8.34. The van der Waals surface area contributed by atoms with Crippen LogP contribution in [-0.2, 0) is 4.79 Å². The normalized spacial score (nSPS) is 20.1. The van der Waals surface area contributed by atoms with E-state index >= 15 is 0 Å². The van der Waals surface area contributed by atoms with E-state index in [1.807, 2.05) is 0 Å². The van der Waals surface area contributed by atoms with Crippen LogP contribution < -0.4 is 0 Å². The van der Waals surface area contributed by atoms with E-state index in [9.17, 15) is 4.79 Å². The van der Waals surface area contributed by atoms with Gasteiger partial charge in [-0.15, -0.1) is 0 Å². The Labute approximate surface area is 196 Å². The summed E-state index contributed by atoms with van der Waals surface area (Å²) >= 11 is 0. The van der Waals surface area contributed by atoms with Crippen molar-refractivity contribution < 1.29 is 4.79 Å². The van der Waals surface area contributed by atoms with E-state index in [1.54, 1.807) is 0 Å². The summed E-state index contributed by atoms with van der Waals surface area (Å²) < 4.78 is 0. The molecule has 0 bridgehead atoms. The highest BCUT2D eigenvalue weighted by molar-refractivity contribution is 5.80. The minimum atomic E-state index is 0.397. The number of aryl methyl sites for hydroxylation is 2. The zero-order valence-corrected chi connectivity index (χ0v) is 20.3. The molecule has 2 atom stereocenters. The van der Waals surface area contributed by atoms with Crippen LogP contribution in [0.2, 0.25) is 0 Å². The minimum Gasteiger partial charge on any atom is -0.300 e. The summed E-state index contributed by atoms with van der Waals surface area (Å²) in [6, 6.07) is 18.1. The standard InChI is InChI=1S/C31H42O/c1-23-13-17-27(18-14-23)30(25-9-5-3-6-10-25)21-29(32)22-31(26-11-7-4-8-12-26)28-19-15-24(2)16-20-28/h13-20,25-26,30-31H,3-12,21-22H2,1-2H3. The van der Waals surface area contributed by atoms with Crippen molar-refractivity contribution in [3.8, 4) is 0 Å². The van der Waals surface area contributed by atoms with Gasteiger partial charge in [0.15, 0.2) is 0 Å². The van der Waals surface area contributed by atoms with Crippen LogP contribution in [-0.4, -0.2) is 5.78 Å². The summed E-state index contributed by atoms with van der Waals surface area (Å²) in [5.74, 6) is 2.62. The van der Waals surface area contributed by atoms with Gasteiger partial charge >= 0.3 is 0 Å². The van der Waals surface area contributed by atoms with Crippen LogP contribution in [0.3, 0.4) is 0 Å². The molecule has 2 aromatic rings. The molecule has 0 aromatic heterocycles. The van der Waals surface area contributed by atoms with Crippen molar-refractivity contribution >= 4 is 5.78 Å². The summed E-state index contributed by atoms with van der Waals surface area (Å²) in [5.41, 5.74) is 5.39. The first-order valence-electron chi connectivity index (χ1n) is 13.2. The number of hydrogen-bond acceptors (Lipinski definition) is 1. The SMILES string of the molecule is Cc1ccc(C(CC(=O)CC(c2ccc(C)cc2)C2CCCCC2)C2CCCCC2)cc1. The molecule has 4 rings (SSSR count). The lowest BCUT2D eigenvalue weighted by Crippen LogP contribution is -2.23. The van der Waals surface area contributed by atoms with Gasteiger partial charge in [-0.25, -0.2) is 0 Å². The average molecular weight is 431 g/mol. The fraction of sp³-hybridized carbons (Fsp3) is 0.581. The van der Waals surface area contributed by atoms with Gasteiger partial charge in [-0.1, -0.05) is 98.2 Å². The van der Waals surface area contributed by atoms with Crippen molar-refractivity contribution in [2.24, 2.45) is 11.8 Å². The Balaban J connectivity index is 1.52. The third-order valence-corrected chi connectivity index (χ3v) is 8.34. The van der Waals surface area contributed by atoms with Gasteiger partial charge in [-0.2, -0.15) is 0 Å². The predicted octanol–water partition coefficient (Wildman–Crippen LogP) is 8.68. The van der Waals surface area contributed by atoms with Gasteiger partial charge in [-0.3, -0.25) is 4.79 Å². The van der Waals surface area contributed by atoms with E-state index < -0.39 is 0 Å². The summed E-state index contributed by atoms with van der Waals surface area (Å²) in [5, 5.41) is 0. The summed E-state index contributed by atoms with van der Waals surface area (Å²) in [7, 11) is 0. The van der Waals surface area contributed by atoms with Gasteiger partial charge < -0.3 is 0 Å². The second kappa shape index (κ2) is 11.3. The first-order valence-corrected chi connectivity index (χ1v) is 13.2. The van der Waals surface area contributed by atoms with Crippen molar-refractivity contribution in [2.45, 2.75) is 103 Å². The number of rotatable bonds is 8. The zero-order chi connectivity index (χ0) is 22.3. The summed E-state index contributed by atoms with van der Waals surface area (Å²) in [4.78, 5) is 13.6. The highest BCUT2D eigenvalue weighted by Gasteiger charge is 2.31. The van der Waals surface area contributed by atoms with Crippen LogP contribution in [0.25, 0.3) is 0 Å². The predicted molar refractivity (Wildman–Crippen MR) is 135 cm³/mol. The molecule has 0 N–H and O–H groups in total. The second-order valence-electron chi connectivity index (χ2n) is 10.8. The number of benzene rings is 2. The maximum Gasteiger partial charge on any atom is 0.134 e. The monoisotopic (exact) mass is 430 g/mol. The van der Waals surface area contributed by atoms with Crippen molar-refractivity contribution in [2.75, 3.05) is 0 Å². The lowest BCUT2D eigenvalue weighted by Gasteiger charge is -2.33. The van der Waals surface area contributed by atoms with E-state index in [0.29, 0.717) is 29.5 Å². The first kappa shape index (κ1) is 23.3. The van der Waals surface area contributed by atoms with Gasteiger partial charge in [0, 0.05) is 12.8 Å². The van der Waals surface area contributed by atoms with Crippen LogP contribution >= 0.6 is 0 Å². The number of carbonyl (C=O) groups is 1. The van der Waals surface area contributed by atoms with Gasteiger partial charge in [-0.05, 0) is 74.3 Å². The minimum absolute atomic E-state index is 0.397. The smallest absolute Gasteiger partial charge is 0.134 e. The maximum absolute atomic E-state index is 13.6. The Bertz CT molecular complexity index is 764. The molecule has 0 saturated heterocycles. The summed E-state index contributed by atoms with van der Waals surface area (Å²) in [6.45, 7) is 4.31. The van der Waals surface area contributed by atoms with Crippen LogP contribution in [0, 0.1) is 25.7 Å². The molecular weight excluding hydrogens is 388 g/mol.